The molecule has 0 saturated heterocycles. The Kier molecular flexibility index (Phi) is 5.36. The maximum Gasteiger partial charge on any atom is 0.129 e. The van der Waals surface area contributed by atoms with Gasteiger partial charge in [-0.3, -0.25) is 0 Å². The fourth-order valence-corrected chi connectivity index (χ4v) is 2.34. The largest absolute Gasteiger partial charge is 0.390 e. The van der Waals surface area contributed by atoms with Crippen molar-refractivity contribution in [1.29, 1.82) is 0 Å². The normalized spacial score (nSPS) is 11.2. The van der Waals surface area contributed by atoms with Crippen LogP contribution >= 0.6 is 0 Å². The molecule has 4 heteroatoms. The highest BCUT2D eigenvalue weighted by molar-refractivity contribution is 6.84. The van der Waals surface area contributed by atoms with Crippen LogP contribution in [0.1, 0.15) is 17.0 Å². The van der Waals surface area contributed by atoms with Gasteiger partial charge in [0.15, 0.2) is 0 Å². The molecule has 1 aromatic heterocycles. The van der Waals surface area contributed by atoms with Crippen molar-refractivity contribution in [3.63, 3.8) is 0 Å². The molecule has 0 radical (unpaired) electrons. The predicted molar refractivity (Wildman–Crippen MR) is 90.6 cm³/mol. The molecule has 1 aromatic rings. The summed E-state index contributed by atoms with van der Waals surface area (Å²) in [5.41, 5.74) is 8.86. The SMILES string of the molecule is C[Si](C)(C)C#Cc1cc(C#C[Si](C)(C)C)nc(CO)c1. The highest BCUT2D eigenvalue weighted by Gasteiger charge is 2.09. The monoisotopic (exact) mass is 301 g/mol. The molecule has 1 rings (SSSR count). The van der Waals surface area contributed by atoms with Gasteiger partial charge in [-0.1, -0.05) is 51.1 Å². The number of hydrogen-bond acceptors (Lipinski definition) is 2. The van der Waals surface area contributed by atoms with Gasteiger partial charge in [-0.05, 0) is 12.1 Å². The van der Waals surface area contributed by atoms with Gasteiger partial charge in [0.05, 0.1) is 12.3 Å². The van der Waals surface area contributed by atoms with E-state index in [0.717, 1.165) is 5.56 Å². The van der Waals surface area contributed by atoms with Crippen LogP contribution in [0.3, 0.4) is 0 Å². The van der Waals surface area contributed by atoms with E-state index in [-0.39, 0.29) is 6.61 Å². The second kappa shape index (κ2) is 6.41. The van der Waals surface area contributed by atoms with Gasteiger partial charge in [0, 0.05) is 5.56 Å². The van der Waals surface area contributed by atoms with Gasteiger partial charge in [0.2, 0.25) is 0 Å². The van der Waals surface area contributed by atoms with E-state index in [0.29, 0.717) is 11.4 Å². The number of nitrogens with zero attached hydrogens (tertiary/aromatic N) is 1. The highest BCUT2D eigenvalue weighted by atomic mass is 28.3. The number of aliphatic hydroxyl groups is 1. The minimum absolute atomic E-state index is 0.0793. The van der Waals surface area contributed by atoms with Crippen LogP contribution in [0.2, 0.25) is 39.3 Å². The highest BCUT2D eigenvalue weighted by Crippen LogP contribution is 2.07. The molecule has 0 amide bonds. The van der Waals surface area contributed by atoms with E-state index >= 15 is 0 Å². The van der Waals surface area contributed by atoms with Crippen molar-refractivity contribution in [1.82, 2.24) is 4.98 Å². The fraction of sp³-hybridized carbons (Fsp3) is 0.438. The van der Waals surface area contributed by atoms with E-state index in [1.807, 2.05) is 12.1 Å². The van der Waals surface area contributed by atoms with Crippen LogP contribution in [0.15, 0.2) is 12.1 Å². The van der Waals surface area contributed by atoms with Crippen LogP contribution < -0.4 is 0 Å². The van der Waals surface area contributed by atoms with Gasteiger partial charge in [-0.25, -0.2) is 4.98 Å². The van der Waals surface area contributed by atoms with Crippen molar-refractivity contribution < 1.29 is 5.11 Å². The summed E-state index contributed by atoms with van der Waals surface area (Å²) in [6.07, 6.45) is 0. The summed E-state index contributed by atoms with van der Waals surface area (Å²) in [6.45, 7) is 13.1. The molecule has 0 atom stereocenters. The van der Waals surface area contributed by atoms with Gasteiger partial charge in [-0.2, -0.15) is 0 Å². The first-order valence-electron chi connectivity index (χ1n) is 6.77. The number of pyridine rings is 1. The van der Waals surface area contributed by atoms with Crippen LogP contribution in [-0.4, -0.2) is 26.2 Å². The minimum atomic E-state index is -1.43. The Bertz CT molecular complexity index is 552. The number of rotatable bonds is 1. The first kappa shape index (κ1) is 16.7. The standard InChI is InChI=1S/C16H23NOSi2/c1-19(2,3)9-7-14-11-15(8-10-20(4,5)6)17-16(12-14)13-18/h11-12,18H,13H2,1-6H3. The molecule has 0 unspecified atom stereocenters. The third-order valence-electron chi connectivity index (χ3n) is 2.19. The zero-order valence-electron chi connectivity index (χ0n) is 13.3. The summed E-state index contributed by atoms with van der Waals surface area (Å²) in [4.78, 5) is 4.34. The lowest BCUT2D eigenvalue weighted by Crippen LogP contribution is -2.16. The molecule has 0 aromatic carbocycles. The second-order valence-electron chi connectivity index (χ2n) is 6.89. The molecule has 20 heavy (non-hydrogen) atoms. The summed E-state index contributed by atoms with van der Waals surface area (Å²) in [6, 6.07) is 3.76. The predicted octanol–water partition coefficient (Wildman–Crippen LogP) is 3.03. The topological polar surface area (TPSA) is 33.1 Å². The van der Waals surface area contributed by atoms with Crippen LogP contribution in [0.25, 0.3) is 0 Å². The maximum atomic E-state index is 9.30. The third kappa shape index (κ3) is 6.72. The molecular weight excluding hydrogens is 278 g/mol. The van der Waals surface area contributed by atoms with Crippen LogP contribution in [0, 0.1) is 22.9 Å². The minimum Gasteiger partial charge on any atom is -0.390 e. The van der Waals surface area contributed by atoms with Crippen LogP contribution in [0.5, 0.6) is 0 Å². The van der Waals surface area contributed by atoms with Crippen molar-refractivity contribution in [2.75, 3.05) is 0 Å². The Balaban J connectivity index is 3.20. The van der Waals surface area contributed by atoms with E-state index in [4.69, 9.17) is 0 Å². The average molecular weight is 302 g/mol. The Labute approximate surface area is 124 Å². The molecule has 2 nitrogen and oxygen atoms in total. The Morgan fingerprint density at radius 3 is 2.00 bits per heavy atom. The summed E-state index contributed by atoms with van der Waals surface area (Å²) < 4.78 is 0. The van der Waals surface area contributed by atoms with Crippen molar-refractivity contribution in [2.45, 2.75) is 45.9 Å². The Morgan fingerprint density at radius 1 is 0.950 bits per heavy atom. The molecule has 106 valence electrons. The van der Waals surface area contributed by atoms with Crippen molar-refractivity contribution in [2.24, 2.45) is 0 Å². The first-order valence-corrected chi connectivity index (χ1v) is 13.8. The van der Waals surface area contributed by atoms with Crippen LogP contribution in [0.4, 0.5) is 0 Å². The molecular formula is C16H23NOSi2. The maximum absolute atomic E-state index is 9.30. The lowest BCUT2D eigenvalue weighted by atomic mass is 10.2. The first-order chi connectivity index (χ1) is 9.09. The second-order valence-corrected chi connectivity index (χ2v) is 16.4. The Hall–Kier alpha value is -1.34. The summed E-state index contributed by atoms with van der Waals surface area (Å²) in [5.74, 6) is 6.33. The van der Waals surface area contributed by atoms with Gasteiger partial charge < -0.3 is 5.11 Å². The molecule has 0 saturated carbocycles. The van der Waals surface area contributed by atoms with Gasteiger partial charge in [0.1, 0.15) is 21.8 Å². The van der Waals surface area contributed by atoms with E-state index in [2.05, 4.69) is 67.2 Å². The third-order valence-corrected chi connectivity index (χ3v) is 3.94. The van der Waals surface area contributed by atoms with Crippen molar-refractivity contribution in [3.05, 3.63) is 29.1 Å². The van der Waals surface area contributed by atoms with Crippen LogP contribution in [-0.2, 0) is 6.61 Å². The number of aliphatic hydroxyl groups excluding tert-OH is 1. The molecule has 0 aliphatic heterocycles. The van der Waals surface area contributed by atoms with Gasteiger partial charge in [0.25, 0.3) is 0 Å². The summed E-state index contributed by atoms with van der Waals surface area (Å²) >= 11 is 0. The van der Waals surface area contributed by atoms with E-state index < -0.39 is 16.1 Å². The molecule has 1 heterocycles. The molecule has 0 spiro atoms. The van der Waals surface area contributed by atoms with Gasteiger partial charge >= 0.3 is 0 Å². The quantitative estimate of drug-likeness (QED) is 0.639. The zero-order valence-corrected chi connectivity index (χ0v) is 15.3. The number of aromatic nitrogens is 1. The van der Waals surface area contributed by atoms with E-state index in [9.17, 15) is 5.11 Å². The molecule has 0 aliphatic rings. The molecule has 1 N–H and O–H groups in total. The van der Waals surface area contributed by atoms with E-state index in [1.54, 1.807) is 0 Å². The lowest BCUT2D eigenvalue weighted by molar-refractivity contribution is 0.276. The smallest absolute Gasteiger partial charge is 0.129 e. The molecule has 0 aliphatic carbocycles. The molecule has 0 fully saturated rings. The fourth-order valence-electron chi connectivity index (χ4n) is 1.32. The Morgan fingerprint density at radius 2 is 1.50 bits per heavy atom. The number of hydrogen-bond donors (Lipinski definition) is 1. The molecule has 0 bridgehead atoms. The van der Waals surface area contributed by atoms with Gasteiger partial charge in [-0.15, -0.1) is 11.1 Å². The average Bonchev–Trinajstić information content (AvgIpc) is 2.32. The van der Waals surface area contributed by atoms with E-state index in [1.165, 1.54) is 0 Å². The zero-order chi connectivity index (χ0) is 15.4. The lowest BCUT2D eigenvalue weighted by Gasteiger charge is -2.05. The van der Waals surface area contributed by atoms with Crippen molar-refractivity contribution >= 4 is 16.1 Å². The summed E-state index contributed by atoms with van der Waals surface area (Å²) in [5, 5.41) is 9.30. The van der Waals surface area contributed by atoms with Crippen molar-refractivity contribution in [3.8, 4) is 22.9 Å². The summed E-state index contributed by atoms with van der Waals surface area (Å²) in [7, 11) is -2.83.